The average molecular weight is 403 g/mol. The number of fused-ring (bicyclic) bond motifs is 1. The lowest BCUT2D eigenvalue weighted by Crippen LogP contribution is -2.43. The monoisotopic (exact) mass is 402 g/mol. The SMILES string of the molecule is Cc1cc(NC(=O)N2CCc3ccccc3C2CC(=O)O)ccc1Br. The summed E-state index contributed by atoms with van der Waals surface area (Å²) < 4.78 is 0.973. The van der Waals surface area contributed by atoms with E-state index in [2.05, 4.69) is 21.2 Å². The summed E-state index contributed by atoms with van der Waals surface area (Å²) >= 11 is 3.44. The van der Waals surface area contributed by atoms with Crippen LogP contribution in [-0.2, 0) is 11.2 Å². The molecule has 130 valence electrons. The van der Waals surface area contributed by atoms with Gasteiger partial charge in [-0.1, -0.05) is 40.2 Å². The van der Waals surface area contributed by atoms with Crippen LogP contribution >= 0.6 is 15.9 Å². The molecule has 0 radical (unpaired) electrons. The lowest BCUT2D eigenvalue weighted by atomic mass is 9.91. The van der Waals surface area contributed by atoms with Crippen molar-refractivity contribution < 1.29 is 14.7 Å². The van der Waals surface area contributed by atoms with Crippen molar-refractivity contribution in [3.63, 3.8) is 0 Å². The number of urea groups is 1. The Balaban J connectivity index is 1.85. The molecule has 0 spiro atoms. The zero-order valence-electron chi connectivity index (χ0n) is 13.8. The van der Waals surface area contributed by atoms with Gasteiger partial charge in [0.2, 0.25) is 0 Å². The van der Waals surface area contributed by atoms with Crippen LogP contribution in [0.15, 0.2) is 46.9 Å². The molecule has 1 atom stereocenters. The minimum Gasteiger partial charge on any atom is -0.481 e. The van der Waals surface area contributed by atoms with Crippen LogP contribution < -0.4 is 5.32 Å². The number of carboxylic acids is 1. The van der Waals surface area contributed by atoms with Gasteiger partial charge in [-0.25, -0.2) is 4.79 Å². The maximum Gasteiger partial charge on any atom is 0.322 e. The third-order valence-corrected chi connectivity index (χ3v) is 5.34. The molecule has 5 nitrogen and oxygen atoms in total. The van der Waals surface area contributed by atoms with Gasteiger partial charge in [-0.05, 0) is 48.2 Å². The zero-order valence-corrected chi connectivity index (χ0v) is 15.4. The molecule has 3 rings (SSSR count). The maximum absolute atomic E-state index is 12.8. The number of carbonyl (C=O) groups excluding carboxylic acids is 1. The highest BCUT2D eigenvalue weighted by Crippen LogP contribution is 2.33. The number of aliphatic carboxylic acids is 1. The number of nitrogens with zero attached hydrogens (tertiary/aromatic N) is 1. The van der Waals surface area contributed by atoms with E-state index in [1.807, 2.05) is 49.4 Å². The number of aryl methyl sites for hydroxylation is 1. The van der Waals surface area contributed by atoms with Crippen LogP contribution in [0.5, 0.6) is 0 Å². The van der Waals surface area contributed by atoms with Gasteiger partial charge in [0.15, 0.2) is 0 Å². The van der Waals surface area contributed by atoms with Crippen molar-refractivity contribution in [1.29, 1.82) is 0 Å². The van der Waals surface area contributed by atoms with Gasteiger partial charge < -0.3 is 15.3 Å². The number of hydrogen-bond donors (Lipinski definition) is 2. The van der Waals surface area contributed by atoms with Crippen LogP contribution in [0, 0.1) is 6.92 Å². The van der Waals surface area contributed by atoms with E-state index >= 15 is 0 Å². The van der Waals surface area contributed by atoms with Crippen LogP contribution in [0.3, 0.4) is 0 Å². The Hall–Kier alpha value is -2.34. The second-order valence-corrected chi connectivity index (χ2v) is 7.00. The van der Waals surface area contributed by atoms with E-state index in [0.717, 1.165) is 27.6 Å². The third kappa shape index (κ3) is 3.85. The Kier molecular flexibility index (Phi) is 5.08. The summed E-state index contributed by atoms with van der Waals surface area (Å²) in [5.74, 6) is -0.918. The maximum atomic E-state index is 12.8. The molecule has 0 saturated heterocycles. The number of carbonyl (C=O) groups is 2. The van der Waals surface area contributed by atoms with Crippen molar-refractivity contribution in [3.05, 3.63) is 63.6 Å². The molecule has 0 saturated carbocycles. The molecular weight excluding hydrogens is 384 g/mol. The lowest BCUT2D eigenvalue weighted by molar-refractivity contribution is -0.138. The fourth-order valence-electron chi connectivity index (χ4n) is 3.20. The fourth-order valence-corrected chi connectivity index (χ4v) is 3.44. The molecule has 2 N–H and O–H groups in total. The molecule has 25 heavy (non-hydrogen) atoms. The predicted molar refractivity (Wildman–Crippen MR) is 99.7 cm³/mol. The summed E-state index contributed by atoms with van der Waals surface area (Å²) in [5.41, 5.74) is 3.73. The fraction of sp³-hybridized carbons (Fsp3) is 0.263. The second-order valence-electron chi connectivity index (χ2n) is 6.15. The van der Waals surface area contributed by atoms with Crippen molar-refractivity contribution in [1.82, 2.24) is 4.90 Å². The molecule has 2 aromatic carbocycles. The molecule has 1 aliphatic heterocycles. The van der Waals surface area contributed by atoms with E-state index in [1.165, 1.54) is 0 Å². The van der Waals surface area contributed by atoms with Gasteiger partial charge in [0, 0.05) is 16.7 Å². The molecule has 6 heteroatoms. The molecule has 2 amide bonds. The summed E-state index contributed by atoms with van der Waals surface area (Å²) in [6, 6.07) is 12.6. The second kappa shape index (κ2) is 7.27. The Morgan fingerprint density at radius 3 is 2.76 bits per heavy atom. The first-order chi connectivity index (χ1) is 12.0. The number of carboxylic acid groups (broad SMARTS) is 1. The summed E-state index contributed by atoms with van der Waals surface area (Å²) in [6.07, 6.45) is 0.614. The van der Waals surface area contributed by atoms with Crippen LogP contribution in [0.4, 0.5) is 10.5 Å². The highest BCUT2D eigenvalue weighted by atomic mass is 79.9. The first kappa shape index (κ1) is 17.5. The molecular formula is C19H19BrN2O3. The molecule has 0 fully saturated rings. The first-order valence-electron chi connectivity index (χ1n) is 8.09. The smallest absolute Gasteiger partial charge is 0.322 e. The minimum atomic E-state index is -0.918. The normalized spacial score (nSPS) is 16.2. The van der Waals surface area contributed by atoms with Crippen molar-refractivity contribution in [3.8, 4) is 0 Å². The summed E-state index contributed by atoms with van der Waals surface area (Å²) in [7, 11) is 0. The topological polar surface area (TPSA) is 69.6 Å². The van der Waals surface area contributed by atoms with Crippen LogP contribution in [0.2, 0.25) is 0 Å². The number of hydrogen-bond acceptors (Lipinski definition) is 2. The zero-order chi connectivity index (χ0) is 18.0. The largest absolute Gasteiger partial charge is 0.481 e. The predicted octanol–water partition coefficient (Wildman–Crippen LogP) is 4.36. The number of halogens is 1. The van der Waals surface area contributed by atoms with E-state index in [9.17, 15) is 14.7 Å². The lowest BCUT2D eigenvalue weighted by Gasteiger charge is -2.36. The van der Waals surface area contributed by atoms with Crippen LogP contribution in [-0.4, -0.2) is 28.6 Å². The first-order valence-corrected chi connectivity index (χ1v) is 8.88. The number of nitrogens with one attached hydrogen (secondary N) is 1. The van der Waals surface area contributed by atoms with Crippen molar-refractivity contribution in [2.75, 3.05) is 11.9 Å². The van der Waals surface area contributed by atoms with E-state index in [-0.39, 0.29) is 12.5 Å². The number of rotatable bonds is 3. The van der Waals surface area contributed by atoms with Gasteiger partial charge >= 0.3 is 12.0 Å². The van der Waals surface area contributed by atoms with E-state index in [0.29, 0.717) is 12.2 Å². The third-order valence-electron chi connectivity index (χ3n) is 4.45. The number of benzene rings is 2. The summed E-state index contributed by atoms with van der Waals surface area (Å²) in [4.78, 5) is 25.7. The van der Waals surface area contributed by atoms with Gasteiger partial charge in [-0.2, -0.15) is 0 Å². The van der Waals surface area contributed by atoms with Crippen molar-refractivity contribution >= 4 is 33.6 Å². The molecule has 1 heterocycles. The molecule has 1 aliphatic rings. The van der Waals surface area contributed by atoms with E-state index in [4.69, 9.17) is 0 Å². The van der Waals surface area contributed by atoms with Crippen LogP contribution in [0.25, 0.3) is 0 Å². The quantitative estimate of drug-likeness (QED) is 0.800. The Bertz CT molecular complexity index is 822. The number of anilines is 1. The molecule has 1 unspecified atom stereocenters. The molecule has 0 aromatic heterocycles. The van der Waals surface area contributed by atoms with Gasteiger partial charge in [0.1, 0.15) is 0 Å². The van der Waals surface area contributed by atoms with Gasteiger partial charge in [-0.15, -0.1) is 0 Å². The number of amides is 2. The molecule has 2 aromatic rings. The molecule has 0 bridgehead atoms. The van der Waals surface area contributed by atoms with Crippen LogP contribution in [0.1, 0.15) is 29.2 Å². The average Bonchev–Trinajstić information content (AvgIpc) is 2.58. The Labute approximate surface area is 154 Å². The summed E-state index contributed by atoms with van der Waals surface area (Å²) in [5, 5.41) is 12.2. The van der Waals surface area contributed by atoms with Crippen molar-refractivity contribution in [2.45, 2.75) is 25.8 Å². The van der Waals surface area contributed by atoms with E-state index < -0.39 is 12.0 Å². The highest BCUT2D eigenvalue weighted by molar-refractivity contribution is 9.10. The van der Waals surface area contributed by atoms with Gasteiger partial charge in [0.05, 0.1) is 12.5 Å². The van der Waals surface area contributed by atoms with Gasteiger partial charge in [0.25, 0.3) is 0 Å². The highest BCUT2D eigenvalue weighted by Gasteiger charge is 2.32. The summed E-state index contributed by atoms with van der Waals surface area (Å²) in [6.45, 7) is 2.44. The Morgan fingerprint density at radius 2 is 2.04 bits per heavy atom. The van der Waals surface area contributed by atoms with E-state index in [1.54, 1.807) is 4.90 Å². The standard InChI is InChI=1S/C19H19BrN2O3/c1-12-10-14(6-7-16(12)20)21-19(25)22-9-8-13-4-2-3-5-15(13)17(22)11-18(23)24/h2-7,10,17H,8-9,11H2,1H3,(H,21,25)(H,23,24). The van der Waals surface area contributed by atoms with Gasteiger partial charge in [-0.3, -0.25) is 4.79 Å². The molecule has 0 aliphatic carbocycles. The minimum absolute atomic E-state index is 0.107. The van der Waals surface area contributed by atoms with Crippen molar-refractivity contribution in [2.24, 2.45) is 0 Å². The Morgan fingerprint density at radius 1 is 1.28 bits per heavy atom.